The summed E-state index contributed by atoms with van der Waals surface area (Å²) in [6.45, 7) is 5.73. The monoisotopic (exact) mass is 137 g/mol. The van der Waals surface area contributed by atoms with Crippen molar-refractivity contribution in [2.45, 2.75) is 20.3 Å². The Morgan fingerprint density at radius 1 is 1.50 bits per heavy atom. The maximum atomic E-state index is 3.20. The first-order chi connectivity index (χ1) is 4.91. The molecular formula is C9H15N. The number of hydrogen-bond acceptors (Lipinski definition) is 1. The van der Waals surface area contributed by atoms with E-state index in [1.54, 1.807) is 0 Å². The Balaban J connectivity index is 2.95. The minimum Gasteiger partial charge on any atom is -0.306 e. The first-order valence-corrected chi connectivity index (χ1v) is 3.63. The quantitative estimate of drug-likeness (QED) is 0.352. The Morgan fingerprint density at radius 3 is 2.90 bits per heavy atom. The van der Waals surface area contributed by atoms with E-state index in [0.29, 0.717) is 0 Å². The molecule has 0 aliphatic heterocycles. The second-order valence-corrected chi connectivity index (χ2v) is 1.96. The zero-order chi connectivity index (χ0) is 7.66. The molecule has 56 valence electrons. The summed E-state index contributed by atoms with van der Waals surface area (Å²) in [6, 6.07) is 0. The molecule has 1 heteroatoms. The van der Waals surface area contributed by atoms with Crippen LogP contribution in [0.2, 0.25) is 0 Å². The molecule has 0 bridgehead atoms. The average Bonchev–Trinajstić information content (AvgIpc) is 1.97. The van der Waals surface area contributed by atoms with E-state index < -0.39 is 0 Å². The van der Waals surface area contributed by atoms with Crippen LogP contribution >= 0.6 is 0 Å². The predicted molar refractivity (Wildman–Crippen MR) is 45.8 cm³/mol. The third-order valence-corrected chi connectivity index (χ3v) is 1.11. The van der Waals surface area contributed by atoms with Gasteiger partial charge in [0.15, 0.2) is 0 Å². The van der Waals surface area contributed by atoms with E-state index in [0.717, 1.165) is 19.5 Å². The first-order valence-electron chi connectivity index (χ1n) is 3.63. The molecule has 0 aromatic carbocycles. The van der Waals surface area contributed by atoms with Crippen molar-refractivity contribution in [1.29, 1.82) is 0 Å². The van der Waals surface area contributed by atoms with E-state index in [2.05, 4.69) is 29.3 Å². The van der Waals surface area contributed by atoms with Gasteiger partial charge in [0.25, 0.3) is 0 Å². The van der Waals surface area contributed by atoms with Crippen molar-refractivity contribution in [1.82, 2.24) is 5.32 Å². The van der Waals surface area contributed by atoms with Gasteiger partial charge in [0.2, 0.25) is 0 Å². The fraction of sp³-hybridized carbons (Fsp3) is 0.556. The highest BCUT2D eigenvalue weighted by Crippen LogP contribution is 1.77. The summed E-state index contributed by atoms with van der Waals surface area (Å²) in [6.07, 6.45) is 5.31. The topological polar surface area (TPSA) is 12.0 Å². The van der Waals surface area contributed by atoms with Crippen LogP contribution in [-0.4, -0.2) is 13.1 Å². The lowest BCUT2D eigenvalue weighted by Gasteiger charge is -1.93. The zero-order valence-electron chi connectivity index (χ0n) is 6.78. The second kappa shape index (κ2) is 8.26. The first kappa shape index (κ1) is 9.26. The minimum atomic E-state index is 0.814. The molecule has 0 saturated heterocycles. The van der Waals surface area contributed by atoms with E-state index in [1.165, 1.54) is 0 Å². The van der Waals surface area contributed by atoms with Crippen molar-refractivity contribution in [3.63, 3.8) is 0 Å². The Kier molecular flexibility index (Phi) is 7.65. The molecule has 0 fully saturated rings. The van der Waals surface area contributed by atoms with Gasteiger partial charge < -0.3 is 5.32 Å². The molecule has 0 aliphatic carbocycles. The minimum absolute atomic E-state index is 0.814. The maximum Gasteiger partial charge on any atom is 0.0576 e. The van der Waals surface area contributed by atoms with E-state index in [4.69, 9.17) is 0 Å². The molecule has 10 heavy (non-hydrogen) atoms. The second-order valence-electron chi connectivity index (χ2n) is 1.96. The molecule has 0 atom stereocenters. The molecule has 0 aromatic heterocycles. The molecule has 0 unspecified atom stereocenters. The molecule has 1 N–H and O–H groups in total. The van der Waals surface area contributed by atoms with Crippen LogP contribution in [0.15, 0.2) is 12.2 Å². The van der Waals surface area contributed by atoms with Gasteiger partial charge in [0, 0.05) is 0 Å². The largest absolute Gasteiger partial charge is 0.306 e. The fourth-order valence-electron chi connectivity index (χ4n) is 0.591. The molecule has 0 rings (SSSR count). The van der Waals surface area contributed by atoms with Gasteiger partial charge in [-0.1, -0.05) is 18.1 Å². The van der Waals surface area contributed by atoms with Crippen molar-refractivity contribution >= 4 is 0 Å². The zero-order valence-corrected chi connectivity index (χ0v) is 6.78. The van der Waals surface area contributed by atoms with Gasteiger partial charge in [0.1, 0.15) is 0 Å². The molecule has 0 heterocycles. The molecule has 0 amide bonds. The normalized spacial score (nSPS) is 9.40. The summed E-state index contributed by atoms with van der Waals surface area (Å²) in [5, 5.41) is 3.20. The highest BCUT2D eigenvalue weighted by Gasteiger charge is 1.77. The van der Waals surface area contributed by atoms with E-state index in [-0.39, 0.29) is 0 Å². The summed E-state index contributed by atoms with van der Waals surface area (Å²) < 4.78 is 0. The molecule has 0 spiro atoms. The van der Waals surface area contributed by atoms with Crippen LogP contribution in [0.5, 0.6) is 0 Å². The van der Waals surface area contributed by atoms with Crippen molar-refractivity contribution < 1.29 is 0 Å². The van der Waals surface area contributed by atoms with Crippen LogP contribution in [0.4, 0.5) is 0 Å². The van der Waals surface area contributed by atoms with Crippen molar-refractivity contribution in [2.75, 3.05) is 13.1 Å². The third-order valence-electron chi connectivity index (χ3n) is 1.11. The van der Waals surface area contributed by atoms with Crippen LogP contribution in [0, 0.1) is 11.8 Å². The van der Waals surface area contributed by atoms with Crippen LogP contribution in [0.3, 0.4) is 0 Å². The van der Waals surface area contributed by atoms with Crippen LogP contribution in [0.1, 0.15) is 20.3 Å². The van der Waals surface area contributed by atoms with Crippen molar-refractivity contribution in [2.24, 2.45) is 0 Å². The van der Waals surface area contributed by atoms with Crippen molar-refractivity contribution in [3.05, 3.63) is 12.2 Å². The van der Waals surface area contributed by atoms with Gasteiger partial charge in [-0.25, -0.2) is 0 Å². The Bertz CT molecular complexity index is 137. The van der Waals surface area contributed by atoms with E-state index in [1.807, 2.05) is 13.8 Å². The van der Waals surface area contributed by atoms with E-state index in [9.17, 15) is 0 Å². The number of rotatable bonds is 4. The maximum absolute atomic E-state index is 3.20. The Hall–Kier alpha value is -0.740. The van der Waals surface area contributed by atoms with Crippen LogP contribution in [0.25, 0.3) is 0 Å². The number of hydrogen-bond donors (Lipinski definition) is 1. The summed E-state index contributed by atoms with van der Waals surface area (Å²) in [7, 11) is 0. The smallest absolute Gasteiger partial charge is 0.0576 e. The van der Waals surface area contributed by atoms with Gasteiger partial charge in [-0.2, -0.15) is 0 Å². The summed E-state index contributed by atoms with van der Waals surface area (Å²) in [5.41, 5.74) is 0. The van der Waals surface area contributed by atoms with Crippen LogP contribution in [-0.2, 0) is 0 Å². The summed E-state index contributed by atoms with van der Waals surface area (Å²) in [5.74, 6) is 5.77. The third kappa shape index (κ3) is 7.26. The van der Waals surface area contributed by atoms with Gasteiger partial charge in [0.05, 0.1) is 6.54 Å². The lowest BCUT2D eigenvalue weighted by atomic mass is 10.4. The Labute approximate surface area is 63.5 Å². The van der Waals surface area contributed by atoms with E-state index >= 15 is 0 Å². The molecule has 0 aliphatic rings. The number of nitrogens with one attached hydrogen (secondary N) is 1. The lowest BCUT2D eigenvalue weighted by molar-refractivity contribution is 0.765. The highest BCUT2D eigenvalue weighted by atomic mass is 14.8. The predicted octanol–water partition coefficient (Wildman–Crippen LogP) is 1.57. The average molecular weight is 137 g/mol. The lowest BCUT2D eigenvalue weighted by Crippen LogP contribution is -2.14. The molecule has 0 aromatic rings. The van der Waals surface area contributed by atoms with Gasteiger partial charge >= 0.3 is 0 Å². The van der Waals surface area contributed by atoms with Gasteiger partial charge in [-0.3, -0.25) is 0 Å². The van der Waals surface area contributed by atoms with Gasteiger partial charge in [-0.05, 0) is 26.8 Å². The molecule has 0 radical (unpaired) electrons. The SMILES string of the molecule is CC#CCNCC/C=C/C. The molecule has 1 nitrogen and oxygen atoms in total. The molecule has 0 saturated carbocycles. The van der Waals surface area contributed by atoms with Crippen molar-refractivity contribution in [3.8, 4) is 11.8 Å². The highest BCUT2D eigenvalue weighted by molar-refractivity contribution is 4.97. The standard InChI is InChI=1S/C9H15N/c1-3-5-7-9-10-8-6-4-2/h3,5,10H,7-9H2,1-2H3/b5-3+. The Morgan fingerprint density at radius 2 is 2.30 bits per heavy atom. The van der Waals surface area contributed by atoms with Gasteiger partial charge in [-0.15, -0.1) is 5.92 Å². The molecular weight excluding hydrogens is 122 g/mol. The summed E-state index contributed by atoms with van der Waals surface area (Å²) >= 11 is 0. The fourth-order valence-corrected chi connectivity index (χ4v) is 0.591. The number of allylic oxidation sites excluding steroid dienone is 1. The summed E-state index contributed by atoms with van der Waals surface area (Å²) in [4.78, 5) is 0. The van der Waals surface area contributed by atoms with Crippen LogP contribution < -0.4 is 5.32 Å².